The topological polar surface area (TPSA) is 66.5 Å². The van der Waals surface area contributed by atoms with Gasteiger partial charge >= 0.3 is 0 Å². The highest BCUT2D eigenvalue weighted by atomic mass is 15.2. The van der Waals surface area contributed by atoms with E-state index < -0.39 is 0 Å². The smallest absolute Gasteiger partial charge is 0.163 e. The Balaban J connectivity index is 1.87. The summed E-state index contributed by atoms with van der Waals surface area (Å²) in [5.74, 6) is 2.34. The maximum absolute atomic E-state index is 4.30. The molecule has 2 aromatic rings. The standard InChI is InChI=1S/C13H17N5/c1-9-2-5-15-8-11(9)13-16-12(17-18-13)10-3-6-14-7-4-10/h2,5,8,10,14H,3-4,6-7H2,1H3,(H,16,17,18). The first-order chi connectivity index (χ1) is 8.84. The molecule has 5 nitrogen and oxygen atoms in total. The van der Waals surface area contributed by atoms with Crippen molar-refractivity contribution in [1.29, 1.82) is 0 Å². The number of nitrogens with one attached hydrogen (secondary N) is 2. The molecule has 2 aromatic heterocycles. The van der Waals surface area contributed by atoms with E-state index in [4.69, 9.17) is 0 Å². The summed E-state index contributed by atoms with van der Waals surface area (Å²) >= 11 is 0. The zero-order valence-corrected chi connectivity index (χ0v) is 10.5. The summed E-state index contributed by atoms with van der Waals surface area (Å²) < 4.78 is 0. The number of H-pyrrole nitrogens is 1. The van der Waals surface area contributed by atoms with Crippen LogP contribution in [-0.2, 0) is 0 Å². The van der Waals surface area contributed by atoms with Crippen molar-refractivity contribution in [2.75, 3.05) is 13.1 Å². The highest BCUT2D eigenvalue weighted by Crippen LogP contribution is 2.24. The molecule has 0 aromatic carbocycles. The van der Waals surface area contributed by atoms with E-state index in [0.717, 1.165) is 48.7 Å². The van der Waals surface area contributed by atoms with E-state index in [1.807, 2.05) is 12.3 Å². The summed E-state index contributed by atoms with van der Waals surface area (Å²) in [5, 5.41) is 11.9. The molecule has 5 heteroatoms. The van der Waals surface area contributed by atoms with Gasteiger partial charge in [-0.05, 0) is 44.5 Å². The van der Waals surface area contributed by atoms with Gasteiger partial charge in [-0.3, -0.25) is 4.98 Å². The predicted molar refractivity (Wildman–Crippen MR) is 69.2 cm³/mol. The second-order valence-corrected chi connectivity index (χ2v) is 4.77. The SMILES string of the molecule is Cc1ccncc1-c1nnc(C2CCNCC2)[nH]1. The van der Waals surface area contributed by atoms with E-state index in [9.17, 15) is 0 Å². The second kappa shape index (κ2) is 4.86. The lowest BCUT2D eigenvalue weighted by molar-refractivity contribution is 0.446. The van der Waals surface area contributed by atoms with Crippen molar-refractivity contribution in [1.82, 2.24) is 25.5 Å². The lowest BCUT2D eigenvalue weighted by atomic mass is 9.98. The molecule has 0 atom stereocenters. The molecule has 3 heterocycles. The molecule has 18 heavy (non-hydrogen) atoms. The molecule has 1 aliphatic rings. The van der Waals surface area contributed by atoms with Crippen molar-refractivity contribution in [3.05, 3.63) is 29.8 Å². The number of nitrogens with zero attached hydrogens (tertiary/aromatic N) is 3. The Hall–Kier alpha value is -1.75. The van der Waals surface area contributed by atoms with Gasteiger partial charge in [0, 0.05) is 23.9 Å². The van der Waals surface area contributed by atoms with Gasteiger partial charge in [0.1, 0.15) is 5.82 Å². The molecule has 1 aliphatic heterocycles. The van der Waals surface area contributed by atoms with Crippen LogP contribution in [0.3, 0.4) is 0 Å². The molecule has 94 valence electrons. The number of aromatic amines is 1. The van der Waals surface area contributed by atoms with Crippen LogP contribution in [-0.4, -0.2) is 33.3 Å². The molecule has 1 fully saturated rings. The largest absolute Gasteiger partial charge is 0.325 e. The summed E-state index contributed by atoms with van der Waals surface area (Å²) in [5.41, 5.74) is 2.20. The van der Waals surface area contributed by atoms with Gasteiger partial charge in [0.25, 0.3) is 0 Å². The maximum Gasteiger partial charge on any atom is 0.163 e. The molecule has 0 unspecified atom stereocenters. The van der Waals surface area contributed by atoms with E-state index in [0.29, 0.717) is 5.92 Å². The van der Waals surface area contributed by atoms with Crippen molar-refractivity contribution in [3.8, 4) is 11.4 Å². The van der Waals surface area contributed by atoms with Crippen LogP contribution >= 0.6 is 0 Å². The highest BCUT2D eigenvalue weighted by Gasteiger charge is 2.19. The van der Waals surface area contributed by atoms with Crippen LogP contribution in [0.4, 0.5) is 0 Å². The van der Waals surface area contributed by atoms with Gasteiger partial charge in [0.05, 0.1) is 0 Å². The predicted octanol–water partition coefficient (Wildman–Crippen LogP) is 1.64. The normalized spacial score (nSPS) is 16.9. The number of hydrogen-bond donors (Lipinski definition) is 2. The van der Waals surface area contributed by atoms with Gasteiger partial charge in [-0.25, -0.2) is 0 Å². The van der Waals surface area contributed by atoms with E-state index in [-0.39, 0.29) is 0 Å². The molecule has 1 saturated heterocycles. The average molecular weight is 243 g/mol. The summed E-state index contributed by atoms with van der Waals surface area (Å²) in [6.45, 7) is 4.18. The minimum Gasteiger partial charge on any atom is -0.325 e. The first-order valence-corrected chi connectivity index (χ1v) is 6.39. The second-order valence-electron chi connectivity index (χ2n) is 4.77. The summed E-state index contributed by atoms with van der Waals surface area (Å²) in [6.07, 6.45) is 5.88. The fraction of sp³-hybridized carbons (Fsp3) is 0.462. The Kier molecular flexibility index (Phi) is 3.06. The van der Waals surface area contributed by atoms with Crippen molar-refractivity contribution in [2.45, 2.75) is 25.7 Å². The Labute approximate surface area is 106 Å². The van der Waals surface area contributed by atoms with Gasteiger partial charge in [0.15, 0.2) is 5.82 Å². The van der Waals surface area contributed by atoms with Gasteiger partial charge in [-0.1, -0.05) is 0 Å². The third-order valence-corrected chi connectivity index (χ3v) is 3.52. The summed E-state index contributed by atoms with van der Waals surface area (Å²) in [4.78, 5) is 7.50. The van der Waals surface area contributed by atoms with Crippen molar-refractivity contribution in [3.63, 3.8) is 0 Å². The Morgan fingerprint density at radius 3 is 2.83 bits per heavy atom. The summed E-state index contributed by atoms with van der Waals surface area (Å²) in [7, 11) is 0. The van der Waals surface area contributed by atoms with Crippen molar-refractivity contribution in [2.24, 2.45) is 0 Å². The lowest BCUT2D eigenvalue weighted by Gasteiger charge is -2.19. The van der Waals surface area contributed by atoms with Gasteiger partial charge in [0.2, 0.25) is 0 Å². The van der Waals surface area contributed by atoms with Crippen LogP contribution in [0.5, 0.6) is 0 Å². The Bertz CT molecular complexity index is 528. The van der Waals surface area contributed by atoms with E-state index in [1.165, 1.54) is 0 Å². The molecule has 0 radical (unpaired) electrons. The van der Waals surface area contributed by atoms with Gasteiger partial charge < -0.3 is 10.3 Å². The molecular formula is C13H17N5. The zero-order chi connectivity index (χ0) is 12.4. The molecule has 0 spiro atoms. The van der Waals surface area contributed by atoms with Gasteiger partial charge in [-0.15, -0.1) is 10.2 Å². The van der Waals surface area contributed by atoms with Crippen molar-refractivity contribution >= 4 is 0 Å². The molecular weight excluding hydrogens is 226 g/mol. The minimum absolute atomic E-state index is 0.504. The molecule has 0 amide bonds. The third-order valence-electron chi connectivity index (χ3n) is 3.52. The maximum atomic E-state index is 4.30. The fourth-order valence-corrected chi connectivity index (χ4v) is 2.39. The molecule has 3 rings (SSSR count). The zero-order valence-electron chi connectivity index (χ0n) is 10.5. The average Bonchev–Trinajstić information content (AvgIpc) is 2.90. The first kappa shape index (κ1) is 11.3. The fourth-order valence-electron chi connectivity index (χ4n) is 2.39. The third kappa shape index (κ3) is 2.13. The molecule has 0 aliphatic carbocycles. The summed E-state index contributed by atoms with van der Waals surface area (Å²) in [6, 6.07) is 1.99. The van der Waals surface area contributed by atoms with Crippen LogP contribution in [0.2, 0.25) is 0 Å². The quantitative estimate of drug-likeness (QED) is 0.841. The van der Waals surface area contributed by atoms with E-state index in [2.05, 4.69) is 32.4 Å². The van der Waals surface area contributed by atoms with E-state index >= 15 is 0 Å². The number of pyridine rings is 1. The first-order valence-electron chi connectivity index (χ1n) is 6.39. The Morgan fingerprint density at radius 1 is 1.22 bits per heavy atom. The molecule has 2 N–H and O–H groups in total. The number of hydrogen-bond acceptors (Lipinski definition) is 4. The van der Waals surface area contributed by atoms with Gasteiger partial charge in [-0.2, -0.15) is 0 Å². The van der Waals surface area contributed by atoms with Crippen molar-refractivity contribution < 1.29 is 0 Å². The number of piperidine rings is 1. The van der Waals surface area contributed by atoms with Crippen LogP contribution in [0.15, 0.2) is 18.5 Å². The van der Waals surface area contributed by atoms with E-state index in [1.54, 1.807) is 6.20 Å². The number of aryl methyl sites for hydroxylation is 1. The van der Waals surface area contributed by atoms with Crippen LogP contribution in [0.1, 0.15) is 30.1 Å². The van der Waals surface area contributed by atoms with Crippen LogP contribution in [0.25, 0.3) is 11.4 Å². The number of rotatable bonds is 2. The number of aromatic nitrogens is 4. The Morgan fingerprint density at radius 2 is 2.06 bits per heavy atom. The highest BCUT2D eigenvalue weighted by molar-refractivity contribution is 5.57. The van der Waals surface area contributed by atoms with Crippen LogP contribution in [0, 0.1) is 6.92 Å². The minimum atomic E-state index is 0.504. The monoisotopic (exact) mass is 243 g/mol. The molecule has 0 bridgehead atoms. The lowest BCUT2D eigenvalue weighted by Crippen LogP contribution is -2.27. The molecule has 0 saturated carbocycles. The van der Waals surface area contributed by atoms with Crippen LogP contribution < -0.4 is 5.32 Å².